The molecular weight excluding hydrogens is 322 g/mol. The van der Waals surface area contributed by atoms with Gasteiger partial charge in [0, 0.05) is 24.9 Å². The van der Waals surface area contributed by atoms with Crippen molar-refractivity contribution < 1.29 is 14.5 Å². The highest BCUT2D eigenvalue weighted by Crippen LogP contribution is 2.36. The number of nitro groups is 1. The van der Waals surface area contributed by atoms with E-state index in [0.29, 0.717) is 17.5 Å². The third-order valence-electron chi connectivity index (χ3n) is 5.54. The summed E-state index contributed by atoms with van der Waals surface area (Å²) < 4.78 is 0. The minimum Gasteiger partial charge on any atom is -0.376 e. The molecule has 1 N–H and O–H groups in total. The van der Waals surface area contributed by atoms with Crippen LogP contribution in [0, 0.1) is 22.0 Å². The number of hydrogen-bond acceptors (Lipinski definition) is 5. The normalized spacial score (nSPS) is 26.8. The molecule has 0 aromatic heterocycles. The molecule has 3 rings (SSSR count). The fraction of sp³-hybridized carbons (Fsp3) is 0.556. The molecule has 7 nitrogen and oxygen atoms in total. The summed E-state index contributed by atoms with van der Waals surface area (Å²) in [7, 11) is 0. The standard InChI is InChI=1S/C18H23N3O4/c1-11-4-3-5-14(12(11)2)19-15-7-6-13(10-16(15)21(24)25)20-17(22)8-9-18(20)23/h6-7,10-12,14,19H,3-5,8-9H2,1-2H3/t11-,12-,14-/m1/s1. The molecule has 1 saturated heterocycles. The van der Waals surface area contributed by atoms with Gasteiger partial charge in [0.2, 0.25) is 11.8 Å². The highest BCUT2D eigenvalue weighted by atomic mass is 16.6. The second-order valence-corrected chi connectivity index (χ2v) is 7.10. The average molecular weight is 345 g/mol. The SMILES string of the molecule is C[C@@H]1[C@H](C)CCC[C@H]1Nc1ccc(N2C(=O)CCC2=O)cc1[N+](=O)[O-]. The Hall–Kier alpha value is -2.44. The third-order valence-corrected chi connectivity index (χ3v) is 5.54. The van der Waals surface area contributed by atoms with E-state index in [1.807, 2.05) is 0 Å². The first-order valence-corrected chi connectivity index (χ1v) is 8.79. The molecular formula is C18H23N3O4. The topological polar surface area (TPSA) is 92.6 Å². The van der Waals surface area contributed by atoms with Gasteiger partial charge in [0.15, 0.2) is 0 Å². The van der Waals surface area contributed by atoms with E-state index < -0.39 is 4.92 Å². The zero-order valence-corrected chi connectivity index (χ0v) is 14.5. The minimum atomic E-state index is -0.465. The molecule has 2 amide bonds. The van der Waals surface area contributed by atoms with Gasteiger partial charge in [0.25, 0.3) is 5.69 Å². The van der Waals surface area contributed by atoms with Gasteiger partial charge >= 0.3 is 0 Å². The molecule has 2 aliphatic rings. The zero-order valence-electron chi connectivity index (χ0n) is 14.5. The van der Waals surface area contributed by atoms with Crippen LogP contribution in [0.25, 0.3) is 0 Å². The van der Waals surface area contributed by atoms with Crippen molar-refractivity contribution in [1.82, 2.24) is 0 Å². The van der Waals surface area contributed by atoms with Crippen molar-refractivity contribution in [1.29, 1.82) is 0 Å². The van der Waals surface area contributed by atoms with E-state index in [1.54, 1.807) is 12.1 Å². The van der Waals surface area contributed by atoms with Crippen LogP contribution in [0.1, 0.15) is 46.0 Å². The lowest BCUT2D eigenvalue weighted by molar-refractivity contribution is -0.383. The Morgan fingerprint density at radius 2 is 1.84 bits per heavy atom. The van der Waals surface area contributed by atoms with Gasteiger partial charge in [-0.2, -0.15) is 0 Å². The average Bonchev–Trinajstić information content (AvgIpc) is 2.91. The Labute approximate surface area is 146 Å². The molecule has 0 radical (unpaired) electrons. The number of benzene rings is 1. The highest BCUT2D eigenvalue weighted by Gasteiger charge is 2.33. The van der Waals surface area contributed by atoms with E-state index in [1.165, 1.54) is 12.5 Å². The first-order chi connectivity index (χ1) is 11.9. The number of nitro benzene ring substituents is 1. The van der Waals surface area contributed by atoms with Crippen LogP contribution in [-0.4, -0.2) is 22.8 Å². The van der Waals surface area contributed by atoms with Gasteiger partial charge in [-0.25, -0.2) is 0 Å². The lowest BCUT2D eigenvalue weighted by atomic mass is 9.78. The lowest BCUT2D eigenvalue weighted by Crippen LogP contribution is -2.35. The summed E-state index contributed by atoms with van der Waals surface area (Å²) in [5.41, 5.74) is 0.615. The molecule has 2 fully saturated rings. The number of nitrogens with zero attached hydrogens (tertiary/aromatic N) is 2. The summed E-state index contributed by atoms with van der Waals surface area (Å²) in [5, 5.41) is 14.8. The molecule has 7 heteroatoms. The third kappa shape index (κ3) is 3.36. The molecule has 1 aromatic carbocycles. The number of carbonyl (C=O) groups excluding carboxylic acids is 2. The molecule has 0 unspecified atom stereocenters. The molecule has 1 saturated carbocycles. The maximum Gasteiger partial charge on any atom is 0.294 e. The van der Waals surface area contributed by atoms with Crippen molar-refractivity contribution in [2.24, 2.45) is 11.8 Å². The summed E-state index contributed by atoms with van der Waals surface area (Å²) in [4.78, 5) is 35.8. The molecule has 0 spiro atoms. The molecule has 25 heavy (non-hydrogen) atoms. The van der Waals surface area contributed by atoms with Crippen molar-refractivity contribution in [3.8, 4) is 0 Å². The number of imide groups is 1. The smallest absolute Gasteiger partial charge is 0.294 e. The zero-order chi connectivity index (χ0) is 18.1. The predicted octanol–water partition coefficient (Wildman–Crippen LogP) is 3.48. The van der Waals surface area contributed by atoms with E-state index in [4.69, 9.17) is 0 Å². The Balaban J connectivity index is 1.88. The van der Waals surface area contributed by atoms with Crippen LogP contribution in [0.2, 0.25) is 0 Å². The number of amides is 2. The van der Waals surface area contributed by atoms with E-state index in [-0.39, 0.29) is 42.1 Å². The summed E-state index contributed by atoms with van der Waals surface area (Å²) >= 11 is 0. The van der Waals surface area contributed by atoms with Crippen molar-refractivity contribution in [2.45, 2.75) is 52.0 Å². The van der Waals surface area contributed by atoms with Crippen molar-refractivity contribution in [3.63, 3.8) is 0 Å². The Morgan fingerprint density at radius 3 is 2.48 bits per heavy atom. The molecule has 3 atom stereocenters. The predicted molar refractivity (Wildman–Crippen MR) is 94.4 cm³/mol. The number of nitrogens with one attached hydrogen (secondary N) is 1. The van der Waals surface area contributed by atoms with Crippen LogP contribution >= 0.6 is 0 Å². The summed E-state index contributed by atoms with van der Waals surface area (Å²) in [5.74, 6) is 0.378. The Morgan fingerprint density at radius 1 is 1.16 bits per heavy atom. The second-order valence-electron chi connectivity index (χ2n) is 7.10. The van der Waals surface area contributed by atoms with E-state index in [0.717, 1.165) is 17.7 Å². The Kier molecular flexibility index (Phi) is 4.74. The number of anilines is 2. The van der Waals surface area contributed by atoms with E-state index in [9.17, 15) is 19.7 Å². The second kappa shape index (κ2) is 6.82. The first-order valence-electron chi connectivity index (χ1n) is 8.79. The highest BCUT2D eigenvalue weighted by molar-refractivity contribution is 6.20. The maximum atomic E-state index is 11.9. The van der Waals surface area contributed by atoms with Crippen molar-refractivity contribution in [2.75, 3.05) is 10.2 Å². The van der Waals surface area contributed by atoms with Gasteiger partial charge in [0.05, 0.1) is 10.6 Å². The van der Waals surface area contributed by atoms with Crippen LogP contribution in [-0.2, 0) is 9.59 Å². The summed E-state index contributed by atoms with van der Waals surface area (Å²) in [6.45, 7) is 4.38. The minimum absolute atomic E-state index is 0.101. The van der Waals surface area contributed by atoms with E-state index >= 15 is 0 Å². The van der Waals surface area contributed by atoms with Crippen LogP contribution in [0.3, 0.4) is 0 Å². The molecule has 0 bridgehead atoms. The van der Waals surface area contributed by atoms with Crippen LogP contribution in [0.4, 0.5) is 17.1 Å². The van der Waals surface area contributed by atoms with Gasteiger partial charge in [-0.3, -0.25) is 24.6 Å². The van der Waals surface area contributed by atoms with Gasteiger partial charge in [0.1, 0.15) is 5.69 Å². The van der Waals surface area contributed by atoms with Gasteiger partial charge < -0.3 is 5.32 Å². The summed E-state index contributed by atoms with van der Waals surface area (Å²) in [6, 6.07) is 4.72. The van der Waals surface area contributed by atoms with Gasteiger partial charge in [-0.15, -0.1) is 0 Å². The fourth-order valence-corrected chi connectivity index (χ4v) is 3.78. The molecule has 134 valence electrons. The van der Waals surface area contributed by atoms with Crippen LogP contribution in [0.5, 0.6) is 0 Å². The van der Waals surface area contributed by atoms with Crippen molar-refractivity contribution in [3.05, 3.63) is 28.3 Å². The van der Waals surface area contributed by atoms with E-state index in [2.05, 4.69) is 19.2 Å². The first kappa shape index (κ1) is 17.4. The number of carbonyl (C=O) groups is 2. The number of hydrogen-bond donors (Lipinski definition) is 1. The Bertz CT molecular complexity index is 702. The number of rotatable bonds is 4. The van der Waals surface area contributed by atoms with Crippen LogP contribution in [0.15, 0.2) is 18.2 Å². The molecule has 1 heterocycles. The maximum absolute atomic E-state index is 11.9. The molecule has 1 aliphatic heterocycles. The van der Waals surface area contributed by atoms with Crippen LogP contribution < -0.4 is 10.2 Å². The fourth-order valence-electron chi connectivity index (χ4n) is 3.78. The quantitative estimate of drug-likeness (QED) is 0.512. The molecule has 1 aliphatic carbocycles. The summed E-state index contributed by atoms with van der Waals surface area (Å²) in [6.07, 6.45) is 3.58. The van der Waals surface area contributed by atoms with Gasteiger partial charge in [-0.1, -0.05) is 26.7 Å². The van der Waals surface area contributed by atoms with Crippen molar-refractivity contribution >= 4 is 28.9 Å². The molecule has 1 aromatic rings. The monoisotopic (exact) mass is 345 g/mol. The largest absolute Gasteiger partial charge is 0.376 e. The lowest BCUT2D eigenvalue weighted by Gasteiger charge is -2.35. The van der Waals surface area contributed by atoms with Gasteiger partial charge in [-0.05, 0) is 30.4 Å².